The summed E-state index contributed by atoms with van der Waals surface area (Å²) in [6.45, 7) is 3.89. The van der Waals surface area contributed by atoms with Crippen molar-refractivity contribution in [3.63, 3.8) is 0 Å². The molecule has 2 N–H and O–H groups in total. The van der Waals surface area contributed by atoms with Gasteiger partial charge in [0.05, 0.1) is 24.0 Å². The summed E-state index contributed by atoms with van der Waals surface area (Å²) in [5.74, 6) is 0.0523. The molecule has 148 valence electrons. The summed E-state index contributed by atoms with van der Waals surface area (Å²) in [6.07, 6.45) is 0. The number of anilines is 2. The van der Waals surface area contributed by atoms with Crippen LogP contribution in [0.3, 0.4) is 0 Å². The van der Waals surface area contributed by atoms with Crippen LogP contribution in [0.2, 0.25) is 5.02 Å². The summed E-state index contributed by atoms with van der Waals surface area (Å²) in [5.41, 5.74) is 2.24. The SMILES string of the molecule is COc1ccc(Cl)cc1C(=O)NC(=S)Nc1ccccc1N1CCN(C)CC1. The fourth-order valence-corrected chi connectivity index (χ4v) is 3.46. The molecule has 0 radical (unpaired) electrons. The smallest absolute Gasteiger partial charge is 0.261 e. The van der Waals surface area contributed by atoms with Gasteiger partial charge in [-0.3, -0.25) is 10.1 Å². The second kappa shape index (κ2) is 9.23. The average Bonchev–Trinajstić information content (AvgIpc) is 2.69. The number of rotatable bonds is 4. The first kappa shape index (κ1) is 20.4. The van der Waals surface area contributed by atoms with Crippen LogP contribution in [-0.2, 0) is 0 Å². The van der Waals surface area contributed by atoms with Crippen molar-refractivity contribution >= 4 is 46.2 Å². The lowest BCUT2D eigenvalue weighted by molar-refractivity contribution is 0.0975. The molecule has 2 aromatic carbocycles. The molecule has 0 aliphatic carbocycles. The molecule has 1 heterocycles. The molecule has 1 aliphatic rings. The topological polar surface area (TPSA) is 56.8 Å². The number of likely N-dealkylation sites (N-methyl/N-ethyl adjacent to an activating group) is 1. The van der Waals surface area contributed by atoms with Gasteiger partial charge in [-0.05, 0) is 49.6 Å². The van der Waals surface area contributed by atoms with Gasteiger partial charge in [0.25, 0.3) is 5.91 Å². The quantitative estimate of drug-likeness (QED) is 0.743. The lowest BCUT2D eigenvalue weighted by Gasteiger charge is -2.35. The number of amides is 1. The molecule has 0 spiro atoms. The zero-order chi connectivity index (χ0) is 20.1. The Hall–Kier alpha value is -2.35. The Morgan fingerprint density at radius 3 is 2.57 bits per heavy atom. The third-order valence-corrected chi connectivity index (χ3v) is 5.07. The molecule has 1 saturated heterocycles. The number of hydrogen-bond acceptors (Lipinski definition) is 5. The zero-order valence-electron chi connectivity index (χ0n) is 15.9. The maximum Gasteiger partial charge on any atom is 0.261 e. The van der Waals surface area contributed by atoms with Crippen LogP contribution in [0, 0.1) is 0 Å². The molecule has 6 nitrogen and oxygen atoms in total. The number of ether oxygens (including phenoxy) is 1. The average molecular weight is 419 g/mol. The Morgan fingerprint density at radius 2 is 1.86 bits per heavy atom. The van der Waals surface area contributed by atoms with Crippen LogP contribution in [0.1, 0.15) is 10.4 Å². The van der Waals surface area contributed by atoms with Crippen molar-refractivity contribution in [3.8, 4) is 5.75 Å². The van der Waals surface area contributed by atoms with Gasteiger partial charge in [0.2, 0.25) is 0 Å². The van der Waals surface area contributed by atoms with E-state index in [2.05, 4.69) is 33.5 Å². The van der Waals surface area contributed by atoms with Crippen molar-refractivity contribution in [1.82, 2.24) is 10.2 Å². The number of thiocarbonyl (C=S) groups is 1. The maximum absolute atomic E-state index is 12.6. The van der Waals surface area contributed by atoms with Crippen LogP contribution in [0.4, 0.5) is 11.4 Å². The first-order valence-corrected chi connectivity index (χ1v) is 9.75. The second-order valence-electron chi connectivity index (χ2n) is 6.56. The number of hydrogen-bond donors (Lipinski definition) is 2. The first-order valence-electron chi connectivity index (χ1n) is 8.96. The number of nitrogens with one attached hydrogen (secondary N) is 2. The van der Waals surface area contributed by atoms with E-state index in [-0.39, 0.29) is 11.0 Å². The number of piperazine rings is 1. The second-order valence-corrected chi connectivity index (χ2v) is 7.41. The van der Waals surface area contributed by atoms with E-state index in [1.54, 1.807) is 18.2 Å². The molecule has 1 aliphatic heterocycles. The standard InChI is InChI=1S/C20H23ClN4O2S/c1-24-9-11-25(12-10-24)17-6-4-3-5-16(17)22-20(28)23-19(26)15-13-14(21)7-8-18(15)27-2/h3-8,13H,9-12H2,1-2H3,(H2,22,23,26,28). The van der Waals surface area contributed by atoms with E-state index in [1.165, 1.54) is 7.11 Å². The fourth-order valence-electron chi connectivity index (χ4n) is 3.08. The van der Waals surface area contributed by atoms with Crippen LogP contribution in [0.15, 0.2) is 42.5 Å². The minimum atomic E-state index is -0.381. The van der Waals surface area contributed by atoms with E-state index >= 15 is 0 Å². The molecule has 3 rings (SSSR count). The summed E-state index contributed by atoms with van der Waals surface area (Å²) in [5, 5.41) is 6.51. The fraction of sp³-hybridized carbons (Fsp3) is 0.300. The van der Waals surface area contributed by atoms with Gasteiger partial charge in [-0.25, -0.2) is 0 Å². The van der Waals surface area contributed by atoms with Crippen molar-refractivity contribution in [2.75, 3.05) is 50.6 Å². The molecule has 1 fully saturated rings. The number of methoxy groups -OCH3 is 1. The number of halogens is 1. The van der Waals surface area contributed by atoms with Gasteiger partial charge in [-0.2, -0.15) is 0 Å². The van der Waals surface area contributed by atoms with E-state index in [0.29, 0.717) is 16.3 Å². The predicted molar refractivity (Wildman–Crippen MR) is 118 cm³/mol. The summed E-state index contributed by atoms with van der Waals surface area (Å²) >= 11 is 11.4. The van der Waals surface area contributed by atoms with Crippen molar-refractivity contribution in [2.24, 2.45) is 0 Å². The normalized spacial score (nSPS) is 14.5. The van der Waals surface area contributed by atoms with Gasteiger partial charge < -0.3 is 19.9 Å². The van der Waals surface area contributed by atoms with Gasteiger partial charge in [-0.1, -0.05) is 23.7 Å². The Morgan fingerprint density at radius 1 is 1.14 bits per heavy atom. The third-order valence-electron chi connectivity index (χ3n) is 4.63. The summed E-state index contributed by atoms with van der Waals surface area (Å²) < 4.78 is 5.23. The predicted octanol–water partition coefficient (Wildman–Crippen LogP) is 3.23. The van der Waals surface area contributed by atoms with Crippen LogP contribution >= 0.6 is 23.8 Å². The monoisotopic (exact) mass is 418 g/mol. The van der Waals surface area contributed by atoms with Crippen molar-refractivity contribution in [2.45, 2.75) is 0 Å². The number of para-hydroxylation sites is 2. The summed E-state index contributed by atoms with van der Waals surface area (Å²) in [7, 11) is 3.62. The summed E-state index contributed by atoms with van der Waals surface area (Å²) in [4.78, 5) is 17.2. The molecule has 8 heteroatoms. The summed E-state index contributed by atoms with van der Waals surface area (Å²) in [6, 6.07) is 12.8. The highest BCUT2D eigenvalue weighted by molar-refractivity contribution is 7.80. The van der Waals surface area contributed by atoms with Gasteiger partial charge in [-0.15, -0.1) is 0 Å². The number of carbonyl (C=O) groups is 1. The van der Waals surface area contributed by atoms with Crippen LogP contribution < -0.4 is 20.3 Å². The van der Waals surface area contributed by atoms with Gasteiger partial charge in [0, 0.05) is 31.2 Å². The van der Waals surface area contributed by atoms with Crippen molar-refractivity contribution in [1.29, 1.82) is 0 Å². The lowest BCUT2D eigenvalue weighted by atomic mass is 10.2. The molecule has 0 bridgehead atoms. The Balaban J connectivity index is 1.70. The Bertz CT molecular complexity index is 869. The van der Waals surface area contributed by atoms with Crippen molar-refractivity contribution < 1.29 is 9.53 Å². The van der Waals surface area contributed by atoms with Gasteiger partial charge >= 0.3 is 0 Å². The van der Waals surface area contributed by atoms with Crippen LogP contribution in [-0.4, -0.2) is 56.3 Å². The van der Waals surface area contributed by atoms with E-state index < -0.39 is 0 Å². The van der Waals surface area contributed by atoms with Crippen LogP contribution in [0.25, 0.3) is 0 Å². The molecule has 2 aromatic rings. The number of carbonyl (C=O) groups excluding carboxylic acids is 1. The maximum atomic E-state index is 12.6. The number of nitrogens with zero attached hydrogens (tertiary/aromatic N) is 2. The highest BCUT2D eigenvalue weighted by atomic mass is 35.5. The molecular formula is C20H23ClN4O2S. The van der Waals surface area contributed by atoms with E-state index in [1.807, 2.05) is 18.2 Å². The molecule has 0 aromatic heterocycles. The first-order chi connectivity index (χ1) is 13.5. The largest absolute Gasteiger partial charge is 0.496 e. The van der Waals surface area contributed by atoms with Crippen LogP contribution in [0.5, 0.6) is 5.75 Å². The molecular weight excluding hydrogens is 396 g/mol. The molecule has 28 heavy (non-hydrogen) atoms. The zero-order valence-corrected chi connectivity index (χ0v) is 17.4. The lowest BCUT2D eigenvalue weighted by Crippen LogP contribution is -2.45. The van der Waals surface area contributed by atoms with E-state index in [4.69, 9.17) is 28.6 Å². The van der Waals surface area contributed by atoms with E-state index in [9.17, 15) is 4.79 Å². The Kier molecular flexibility index (Phi) is 6.72. The number of benzene rings is 2. The third kappa shape index (κ3) is 4.92. The Labute approximate surface area is 175 Å². The van der Waals surface area contributed by atoms with E-state index in [0.717, 1.165) is 37.6 Å². The molecule has 0 unspecified atom stereocenters. The minimum absolute atomic E-state index is 0.216. The van der Waals surface area contributed by atoms with Gasteiger partial charge in [0.15, 0.2) is 5.11 Å². The highest BCUT2D eigenvalue weighted by Crippen LogP contribution is 2.27. The minimum Gasteiger partial charge on any atom is -0.496 e. The molecule has 0 atom stereocenters. The molecule has 0 saturated carbocycles. The molecule has 1 amide bonds. The highest BCUT2D eigenvalue weighted by Gasteiger charge is 2.18. The van der Waals surface area contributed by atoms with Crippen molar-refractivity contribution in [3.05, 3.63) is 53.1 Å². The van der Waals surface area contributed by atoms with Gasteiger partial charge in [0.1, 0.15) is 5.75 Å².